The third kappa shape index (κ3) is 2.48. The fraction of sp³-hybridized carbons (Fsp3) is 0.500. The first-order chi connectivity index (χ1) is 8.80. The van der Waals surface area contributed by atoms with Gasteiger partial charge >= 0.3 is 0 Å². The van der Waals surface area contributed by atoms with E-state index < -0.39 is 0 Å². The number of nitrogens with one attached hydrogen (secondary N) is 1. The quantitative estimate of drug-likeness (QED) is 0.853. The van der Waals surface area contributed by atoms with Gasteiger partial charge in [-0.3, -0.25) is 0 Å². The summed E-state index contributed by atoms with van der Waals surface area (Å²) in [4.78, 5) is 4.43. The number of rotatable bonds is 6. The van der Waals surface area contributed by atoms with E-state index in [9.17, 15) is 0 Å². The number of likely N-dealkylation sites (N-methyl/N-ethyl adjacent to an activating group) is 1. The molecule has 0 aliphatic rings. The zero-order valence-electron chi connectivity index (χ0n) is 11.3. The van der Waals surface area contributed by atoms with E-state index in [1.807, 2.05) is 19.4 Å². The fourth-order valence-electron chi connectivity index (χ4n) is 2.32. The Hall–Kier alpha value is -1.55. The zero-order chi connectivity index (χ0) is 13.0. The lowest BCUT2D eigenvalue weighted by Crippen LogP contribution is -2.21. The van der Waals surface area contributed by atoms with Crippen LogP contribution in [0.3, 0.4) is 0 Å². The van der Waals surface area contributed by atoms with Gasteiger partial charge in [0.05, 0.1) is 6.26 Å². The molecule has 4 nitrogen and oxygen atoms in total. The van der Waals surface area contributed by atoms with E-state index in [4.69, 9.17) is 4.42 Å². The average molecular weight is 247 g/mol. The van der Waals surface area contributed by atoms with E-state index in [1.165, 1.54) is 5.56 Å². The number of aromatic nitrogens is 2. The van der Waals surface area contributed by atoms with Gasteiger partial charge in [0, 0.05) is 43.4 Å². The van der Waals surface area contributed by atoms with Crippen LogP contribution < -0.4 is 5.32 Å². The van der Waals surface area contributed by atoms with Crippen LogP contribution in [0.5, 0.6) is 0 Å². The minimum Gasteiger partial charge on any atom is -0.469 e. The average Bonchev–Trinajstić information content (AvgIpc) is 3.03. The number of nitrogens with zero attached hydrogens (tertiary/aromatic N) is 2. The molecule has 2 heterocycles. The molecule has 1 atom stereocenters. The Morgan fingerprint density at radius 1 is 1.44 bits per heavy atom. The molecule has 2 aromatic heterocycles. The van der Waals surface area contributed by atoms with E-state index in [2.05, 4.69) is 34.8 Å². The molecule has 0 aromatic carbocycles. The molecular formula is C14H21N3O. The molecule has 1 unspecified atom stereocenters. The highest BCUT2D eigenvalue weighted by Crippen LogP contribution is 2.23. The van der Waals surface area contributed by atoms with Crippen molar-refractivity contribution in [3.8, 4) is 0 Å². The number of aryl methyl sites for hydroxylation is 2. The van der Waals surface area contributed by atoms with Gasteiger partial charge in [-0.2, -0.15) is 0 Å². The van der Waals surface area contributed by atoms with Crippen LogP contribution in [0.15, 0.2) is 29.1 Å². The van der Waals surface area contributed by atoms with Crippen LogP contribution in [0.1, 0.15) is 37.0 Å². The monoisotopic (exact) mass is 247 g/mol. The molecule has 4 heteroatoms. The second-order valence-corrected chi connectivity index (χ2v) is 4.33. The summed E-state index contributed by atoms with van der Waals surface area (Å²) < 4.78 is 7.68. The molecule has 98 valence electrons. The highest BCUT2D eigenvalue weighted by Gasteiger charge is 2.17. The molecule has 2 aromatic rings. The lowest BCUT2D eigenvalue weighted by Gasteiger charge is -2.16. The van der Waals surface area contributed by atoms with Gasteiger partial charge in [-0.15, -0.1) is 0 Å². The van der Waals surface area contributed by atoms with Crippen molar-refractivity contribution < 1.29 is 4.42 Å². The first kappa shape index (κ1) is 12.9. The second-order valence-electron chi connectivity index (χ2n) is 4.33. The molecule has 0 saturated carbocycles. The Bertz CT molecular complexity index is 487. The Labute approximate surface area is 108 Å². The number of imidazole rings is 1. The van der Waals surface area contributed by atoms with Gasteiger partial charge in [-0.25, -0.2) is 4.98 Å². The van der Waals surface area contributed by atoms with Crippen LogP contribution in [0.25, 0.3) is 0 Å². The molecule has 0 aliphatic heterocycles. The Balaban J connectivity index is 2.20. The van der Waals surface area contributed by atoms with Crippen LogP contribution >= 0.6 is 0 Å². The maximum Gasteiger partial charge on any atom is 0.110 e. The van der Waals surface area contributed by atoms with Gasteiger partial charge in [0.25, 0.3) is 0 Å². The Morgan fingerprint density at radius 3 is 2.94 bits per heavy atom. The third-order valence-corrected chi connectivity index (χ3v) is 3.35. The SMILES string of the molecule is CCc1occc1C(Cc1nccn1CC)NC. The summed E-state index contributed by atoms with van der Waals surface area (Å²) in [5.41, 5.74) is 1.24. The molecule has 0 spiro atoms. The highest BCUT2D eigenvalue weighted by atomic mass is 16.3. The Kier molecular flexibility index (Phi) is 4.20. The van der Waals surface area contributed by atoms with Crippen LogP contribution in [0, 0.1) is 0 Å². The largest absolute Gasteiger partial charge is 0.469 e. The molecule has 0 fully saturated rings. The molecule has 0 radical (unpaired) electrons. The first-order valence-corrected chi connectivity index (χ1v) is 6.53. The van der Waals surface area contributed by atoms with Crippen molar-refractivity contribution >= 4 is 0 Å². The lowest BCUT2D eigenvalue weighted by atomic mass is 10.0. The van der Waals surface area contributed by atoms with Crippen LogP contribution in [-0.2, 0) is 19.4 Å². The highest BCUT2D eigenvalue weighted by molar-refractivity contribution is 5.22. The molecule has 2 rings (SSSR count). The van der Waals surface area contributed by atoms with Gasteiger partial charge in [0.2, 0.25) is 0 Å². The third-order valence-electron chi connectivity index (χ3n) is 3.35. The van der Waals surface area contributed by atoms with Crippen LogP contribution in [0.4, 0.5) is 0 Å². The minimum atomic E-state index is 0.256. The molecule has 0 aliphatic carbocycles. The second kappa shape index (κ2) is 5.87. The van der Waals surface area contributed by atoms with Gasteiger partial charge in [0.15, 0.2) is 0 Å². The summed E-state index contributed by atoms with van der Waals surface area (Å²) in [6.07, 6.45) is 7.46. The molecule has 0 bridgehead atoms. The van der Waals surface area contributed by atoms with Gasteiger partial charge in [-0.05, 0) is 20.0 Å². The standard InChI is InChI=1S/C14H21N3O/c1-4-13-11(6-9-18-13)12(15-3)10-14-16-7-8-17(14)5-2/h6-9,12,15H,4-5,10H2,1-3H3. The summed E-state index contributed by atoms with van der Waals surface area (Å²) in [5, 5.41) is 3.36. The van der Waals surface area contributed by atoms with Crippen molar-refractivity contribution in [2.24, 2.45) is 0 Å². The number of hydrogen-bond acceptors (Lipinski definition) is 3. The maximum atomic E-state index is 5.51. The molecule has 0 amide bonds. The van der Waals surface area contributed by atoms with Gasteiger partial charge in [0.1, 0.15) is 11.6 Å². The van der Waals surface area contributed by atoms with E-state index in [0.29, 0.717) is 0 Å². The maximum absolute atomic E-state index is 5.51. The van der Waals surface area contributed by atoms with E-state index in [0.717, 1.165) is 31.0 Å². The first-order valence-electron chi connectivity index (χ1n) is 6.53. The van der Waals surface area contributed by atoms with Crippen LogP contribution in [0.2, 0.25) is 0 Å². The molecular weight excluding hydrogens is 226 g/mol. The summed E-state index contributed by atoms with van der Waals surface area (Å²) in [6.45, 7) is 5.20. The fourth-order valence-corrected chi connectivity index (χ4v) is 2.32. The van der Waals surface area contributed by atoms with Crippen molar-refractivity contribution in [1.29, 1.82) is 0 Å². The molecule has 0 saturated heterocycles. The van der Waals surface area contributed by atoms with E-state index in [1.54, 1.807) is 6.26 Å². The molecule has 18 heavy (non-hydrogen) atoms. The predicted molar refractivity (Wildman–Crippen MR) is 71.5 cm³/mol. The summed E-state index contributed by atoms with van der Waals surface area (Å²) in [7, 11) is 1.98. The summed E-state index contributed by atoms with van der Waals surface area (Å²) in [5.74, 6) is 2.17. The van der Waals surface area contributed by atoms with Crippen molar-refractivity contribution in [3.63, 3.8) is 0 Å². The van der Waals surface area contributed by atoms with Crippen molar-refractivity contribution in [3.05, 3.63) is 41.9 Å². The zero-order valence-corrected chi connectivity index (χ0v) is 11.3. The minimum absolute atomic E-state index is 0.256. The van der Waals surface area contributed by atoms with Crippen molar-refractivity contribution in [2.75, 3.05) is 7.05 Å². The van der Waals surface area contributed by atoms with Gasteiger partial charge < -0.3 is 14.3 Å². The summed E-state index contributed by atoms with van der Waals surface area (Å²) in [6, 6.07) is 2.31. The molecule has 1 N–H and O–H groups in total. The lowest BCUT2D eigenvalue weighted by molar-refractivity contribution is 0.489. The Morgan fingerprint density at radius 2 is 2.28 bits per heavy atom. The number of furan rings is 1. The van der Waals surface area contributed by atoms with Crippen molar-refractivity contribution in [2.45, 2.75) is 39.3 Å². The summed E-state index contributed by atoms with van der Waals surface area (Å²) >= 11 is 0. The van der Waals surface area contributed by atoms with Crippen molar-refractivity contribution in [1.82, 2.24) is 14.9 Å². The van der Waals surface area contributed by atoms with Gasteiger partial charge in [-0.1, -0.05) is 6.92 Å². The smallest absolute Gasteiger partial charge is 0.110 e. The van der Waals surface area contributed by atoms with E-state index in [-0.39, 0.29) is 6.04 Å². The normalized spacial score (nSPS) is 12.8. The predicted octanol–water partition coefficient (Wildman–Crippen LogP) is 2.56. The van der Waals surface area contributed by atoms with E-state index >= 15 is 0 Å². The number of hydrogen-bond donors (Lipinski definition) is 1. The van der Waals surface area contributed by atoms with Crippen LogP contribution in [-0.4, -0.2) is 16.6 Å². The topological polar surface area (TPSA) is 43.0 Å².